The highest BCUT2D eigenvalue weighted by Gasteiger charge is 2.17. The van der Waals surface area contributed by atoms with Crippen LogP contribution in [0.1, 0.15) is 56.3 Å². The minimum Gasteiger partial charge on any atom is -0.309 e. The van der Waals surface area contributed by atoms with E-state index in [-0.39, 0.29) is 0 Å². The number of nitrogens with zero attached hydrogens (tertiary/aromatic N) is 2. The Labute approximate surface area is 139 Å². The lowest BCUT2D eigenvalue weighted by Gasteiger charge is -2.17. The second kappa shape index (κ2) is 8.11. The molecule has 2 aromatic rings. The summed E-state index contributed by atoms with van der Waals surface area (Å²) in [5.74, 6) is 0. The lowest BCUT2D eigenvalue weighted by molar-refractivity contribution is 0.466. The Morgan fingerprint density at radius 1 is 1.38 bits per heavy atom. The third-order valence-electron chi connectivity index (χ3n) is 3.72. The lowest BCUT2D eigenvalue weighted by Crippen LogP contribution is -2.24. The fourth-order valence-corrected chi connectivity index (χ4v) is 3.98. The molecule has 116 valence electrons. The van der Waals surface area contributed by atoms with E-state index < -0.39 is 0 Å². The van der Waals surface area contributed by atoms with Crippen molar-refractivity contribution in [2.75, 3.05) is 6.54 Å². The first kappa shape index (κ1) is 16.7. The van der Waals surface area contributed by atoms with Crippen LogP contribution in [-0.2, 0) is 6.42 Å². The fraction of sp³-hybridized carbons (Fsp3) is 0.562. The zero-order valence-corrected chi connectivity index (χ0v) is 15.4. The van der Waals surface area contributed by atoms with Crippen molar-refractivity contribution in [3.05, 3.63) is 38.8 Å². The number of rotatable bonds is 8. The van der Waals surface area contributed by atoms with Crippen LogP contribution in [-0.4, -0.2) is 16.3 Å². The van der Waals surface area contributed by atoms with Crippen LogP contribution in [0, 0.1) is 0 Å². The van der Waals surface area contributed by atoms with Gasteiger partial charge in [-0.15, -0.1) is 11.3 Å². The predicted octanol–water partition coefficient (Wildman–Crippen LogP) is 4.96. The summed E-state index contributed by atoms with van der Waals surface area (Å²) in [4.78, 5) is 1.36. The van der Waals surface area contributed by atoms with E-state index in [1.54, 1.807) is 11.3 Å². The SMILES string of the molecule is CCCNC(Cc1ccn(C(C)CC)n1)c1sccc1Br. The zero-order chi connectivity index (χ0) is 15.2. The lowest BCUT2D eigenvalue weighted by atomic mass is 10.1. The van der Waals surface area contributed by atoms with Crippen LogP contribution in [0.5, 0.6) is 0 Å². The molecule has 3 nitrogen and oxygen atoms in total. The van der Waals surface area contributed by atoms with Gasteiger partial charge in [-0.05, 0) is 59.8 Å². The van der Waals surface area contributed by atoms with Crippen LogP contribution < -0.4 is 5.32 Å². The first-order chi connectivity index (χ1) is 10.2. The molecular weight excluding hydrogens is 346 g/mol. The molecule has 0 saturated heterocycles. The second-order valence-electron chi connectivity index (χ2n) is 5.39. The average molecular weight is 370 g/mol. The Morgan fingerprint density at radius 2 is 2.19 bits per heavy atom. The highest BCUT2D eigenvalue weighted by molar-refractivity contribution is 9.10. The Bertz CT molecular complexity index is 549. The Kier molecular flexibility index (Phi) is 6.45. The van der Waals surface area contributed by atoms with Crippen LogP contribution in [0.25, 0.3) is 0 Å². The van der Waals surface area contributed by atoms with E-state index in [0.29, 0.717) is 12.1 Å². The normalized spacial score (nSPS) is 14.3. The van der Waals surface area contributed by atoms with Crippen molar-refractivity contribution in [1.29, 1.82) is 0 Å². The summed E-state index contributed by atoms with van der Waals surface area (Å²) in [5, 5.41) is 10.5. The summed E-state index contributed by atoms with van der Waals surface area (Å²) in [7, 11) is 0. The third kappa shape index (κ3) is 4.41. The summed E-state index contributed by atoms with van der Waals surface area (Å²) in [6.45, 7) is 7.63. The highest BCUT2D eigenvalue weighted by Crippen LogP contribution is 2.31. The van der Waals surface area contributed by atoms with Gasteiger partial charge in [0.1, 0.15) is 0 Å². The van der Waals surface area contributed by atoms with Crippen molar-refractivity contribution < 1.29 is 0 Å². The van der Waals surface area contributed by atoms with Crippen LogP contribution in [0.15, 0.2) is 28.2 Å². The first-order valence-electron chi connectivity index (χ1n) is 7.66. The molecule has 2 heterocycles. The van der Waals surface area contributed by atoms with Crippen molar-refractivity contribution in [2.45, 2.75) is 52.1 Å². The largest absolute Gasteiger partial charge is 0.309 e. The molecule has 2 aromatic heterocycles. The Hall–Kier alpha value is -0.650. The summed E-state index contributed by atoms with van der Waals surface area (Å²) < 4.78 is 3.28. The Morgan fingerprint density at radius 3 is 2.81 bits per heavy atom. The van der Waals surface area contributed by atoms with Gasteiger partial charge >= 0.3 is 0 Å². The quantitative estimate of drug-likeness (QED) is 0.712. The molecular formula is C16H24BrN3S. The van der Waals surface area contributed by atoms with Gasteiger partial charge in [-0.2, -0.15) is 5.10 Å². The molecule has 0 aliphatic carbocycles. The van der Waals surface area contributed by atoms with Crippen molar-refractivity contribution in [2.24, 2.45) is 0 Å². The van der Waals surface area contributed by atoms with Gasteiger partial charge < -0.3 is 5.32 Å². The zero-order valence-electron chi connectivity index (χ0n) is 13.0. The number of aromatic nitrogens is 2. The van der Waals surface area contributed by atoms with Crippen LogP contribution in [0.2, 0.25) is 0 Å². The maximum absolute atomic E-state index is 4.73. The van der Waals surface area contributed by atoms with Gasteiger partial charge in [0.25, 0.3) is 0 Å². The number of nitrogens with one attached hydrogen (secondary N) is 1. The van der Waals surface area contributed by atoms with E-state index >= 15 is 0 Å². The number of thiophene rings is 1. The summed E-state index contributed by atoms with van der Waals surface area (Å²) in [6, 6.07) is 5.07. The van der Waals surface area contributed by atoms with Gasteiger partial charge in [0.15, 0.2) is 0 Å². The first-order valence-corrected chi connectivity index (χ1v) is 9.33. The molecule has 0 radical (unpaired) electrons. The smallest absolute Gasteiger partial charge is 0.0644 e. The number of hydrogen-bond donors (Lipinski definition) is 1. The van der Waals surface area contributed by atoms with Crippen molar-refractivity contribution in [1.82, 2.24) is 15.1 Å². The van der Waals surface area contributed by atoms with Crippen molar-refractivity contribution in [3.8, 4) is 0 Å². The summed E-state index contributed by atoms with van der Waals surface area (Å²) in [6.07, 6.45) is 5.28. The summed E-state index contributed by atoms with van der Waals surface area (Å²) in [5.41, 5.74) is 1.16. The van der Waals surface area contributed by atoms with Gasteiger partial charge in [0.2, 0.25) is 0 Å². The topological polar surface area (TPSA) is 29.9 Å². The predicted molar refractivity (Wildman–Crippen MR) is 94.0 cm³/mol. The van der Waals surface area contributed by atoms with Gasteiger partial charge in [0.05, 0.1) is 5.69 Å². The minimum atomic E-state index is 0.333. The van der Waals surface area contributed by atoms with Gasteiger partial charge in [-0.25, -0.2) is 0 Å². The van der Waals surface area contributed by atoms with E-state index in [0.717, 1.165) is 31.5 Å². The van der Waals surface area contributed by atoms with E-state index in [4.69, 9.17) is 5.10 Å². The summed E-state index contributed by atoms with van der Waals surface area (Å²) >= 11 is 5.46. The van der Waals surface area contributed by atoms with E-state index in [9.17, 15) is 0 Å². The van der Waals surface area contributed by atoms with E-state index in [2.05, 4.69) is 70.4 Å². The van der Waals surface area contributed by atoms with Crippen molar-refractivity contribution in [3.63, 3.8) is 0 Å². The van der Waals surface area contributed by atoms with E-state index in [1.165, 1.54) is 9.35 Å². The molecule has 21 heavy (non-hydrogen) atoms. The van der Waals surface area contributed by atoms with Crippen LogP contribution >= 0.6 is 27.3 Å². The van der Waals surface area contributed by atoms with Crippen LogP contribution in [0.3, 0.4) is 0 Å². The average Bonchev–Trinajstić information content (AvgIpc) is 3.11. The number of halogens is 1. The molecule has 2 atom stereocenters. The van der Waals surface area contributed by atoms with E-state index in [1.807, 2.05) is 0 Å². The van der Waals surface area contributed by atoms with Crippen molar-refractivity contribution >= 4 is 27.3 Å². The fourth-order valence-electron chi connectivity index (χ4n) is 2.26. The number of hydrogen-bond acceptors (Lipinski definition) is 3. The van der Waals surface area contributed by atoms with Gasteiger partial charge in [0, 0.05) is 34.1 Å². The Balaban J connectivity index is 2.11. The molecule has 1 N–H and O–H groups in total. The highest BCUT2D eigenvalue weighted by atomic mass is 79.9. The molecule has 0 aliphatic heterocycles. The monoisotopic (exact) mass is 369 g/mol. The molecule has 0 amide bonds. The minimum absolute atomic E-state index is 0.333. The molecule has 0 aromatic carbocycles. The van der Waals surface area contributed by atoms with Crippen LogP contribution in [0.4, 0.5) is 0 Å². The molecule has 0 saturated carbocycles. The maximum Gasteiger partial charge on any atom is 0.0644 e. The molecule has 0 aliphatic rings. The molecule has 2 unspecified atom stereocenters. The standard InChI is InChI=1S/C16H24BrN3S/c1-4-8-18-15(16-14(17)7-10-21-16)11-13-6-9-20(19-13)12(3)5-2/h6-7,9-10,12,15,18H,4-5,8,11H2,1-3H3. The third-order valence-corrected chi connectivity index (χ3v) is 5.71. The molecule has 2 rings (SSSR count). The molecule has 5 heteroatoms. The molecule has 0 spiro atoms. The molecule has 0 bridgehead atoms. The van der Waals surface area contributed by atoms with Gasteiger partial charge in [-0.1, -0.05) is 13.8 Å². The maximum atomic E-state index is 4.73. The molecule has 0 fully saturated rings. The second-order valence-corrected chi connectivity index (χ2v) is 7.19. The van der Waals surface area contributed by atoms with Gasteiger partial charge in [-0.3, -0.25) is 4.68 Å².